The number of aryl methyl sites for hydroxylation is 1. The van der Waals surface area contributed by atoms with Gasteiger partial charge in [0.15, 0.2) is 5.69 Å². The molecule has 0 radical (unpaired) electrons. The predicted molar refractivity (Wildman–Crippen MR) is 71.3 cm³/mol. The lowest BCUT2D eigenvalue weighted by molar-refractivity contribution is -0.0759. The number of H-pyrrole nitrogens is 1. The molecule has 0 saturated carbocycles. The van der Waals surface area contributed by atoms with E-state index in [1.807, 2.05) is 39.0 Å². The summed E-state index contributed by atoms with van der Waals surface area (Å²) in [6.45, 7) is 5.97. The smallest absolute Gasteiger partial charge is 0.277 e. The number of hydrogen-bond donors (Lipinski definition) is 1. The quantitative estimate of drug-likeness (QED) is 0.832. The average molecular weight is 249 g/mol. The van der Waals surface area contributed by atoms with Crippen LogP contribution in [0, 0.1) is 6.92 Å². The zero-order valence-electron chi connectivity index (χ0n) is 11.4. The lowest BCUT2D eigenvalue weighted by atomic mass is 10.1. The minimum Gasteiger partial charge on any atom is -0.277 e. The number of carbonyl (C=O) groups is 1. The first-order valence-electron chi connectivity index (χ1n) is 5.90. The number of hydroxylamine groups is 2. The fraction of sp³-hybridized carbons (Fsp3) is 0.385. The van der Waals surface area contributed by atoms with Crippen LogP contribution in [-0.4, -0.2) is 35.3 Å². The molecule has 1 heterocycles. The van der Waals surface area contributed by atoms with Crippen LogP contribution >= 0.6 is 0 Å². The van der Waals surface area contributed by atoms with E-state index in [9.17, 15) is 4.79 Å². The van der Waals surface area contributed by atoms with Crippen molar-refractivity contribution in [3.8, 4) is 0 Å². The van der Waals surface area contributed by atoms with Crippen molar-refractivity contribution < 1.29 is 9.63 Å². The maximum atomic E-state index is 11.9. The largest absolute Gasteiger partial charge is 0.298 e. The van der Waals surface area contributed by atoms with Gasteiger partial charge in [0.05, 0.1) is 12.6 Å². The van der Waals surface area contributed by atoms with Gasteiger partial charge in [0, 0.05) is 12.4 Å². The molecule has 2 rings (SSSR count). The Morgan fingerprint density at radius 1 is 1.39 bits per heavy atom. The number of carbonyl (C=O) groups excluding carboxylic acids is 1. The molecular weight excluding hydrogens is 230 g/mol. The van der Waals surface area contributed by atoms with Crippen LogP contribution in [0.2, 0.25) is 0 Å². The molecule has 2 aromatic rings. The van der Waals surface area contributed by atoms with Crippen LogP contribution in [0.3, 0.4) is 0 Å². The number of aromatic nitrogens is 2. The Morgan fingerprint density at radius 2 is 2.06 bits per heavy atom. The van der Waals surface area contributed by atoms with Crippen molar-refractivity contribution in [3.05, 3.63) is 29.5 Å². The number of nitrogens with one attached hydrogen (secondary N) is 1. The number of fused-ring (bicyclic) bond motifs is 1. The zero-order chi connectivity index (χ0) is 13.7. The van der Waals surface area contributed by atoms with Crippen molar-refractivity contribution in [2.45, 2.75) is 20.8 Å². The molecule has 0 aliphatic heterocycles. The lowest BCUT2D eigenvalue weighted by Gasteiger charge is -2.11. The first kappa shape index (κ1) is 14.2. The van der Waals surface area contributed by atoms with Gasteiger partial charge >= 0.3 is 0 Å². The lowest BCUT2D eigenvalue weighted by Crippen LogP contribution is -2.25. The number of benzene rings is 1. The van der Waals surface area contributed by atoms with Gasteiger partial charge in [0.25, 0.3) is 5.91 Å². The topological polar surface area (TPSA) is 58.2 Å². The fourth-order valence-corrected chi connectivity index (χ4v) is 1.52. The van der Waals surface area contributed by atoms with Crippen LogP contribution in [0.1, 0.15) is 29.9 Å². The van der Waals surface area contributed by atoms with Crippen LogP contribution in [0.4, 0.5) is 0 Å². The van der Waals surface area contributed by atoms with Gasteiger partial charge in [-0.05, 0) is 19.1 Å². The van der Waals surface area contributed by atoms with Crippen molar-refractivity contribution in [3.63, 3.8) is 0 Å². The molecule has 0 unspecified atom stereocenters. The number of amides is 1. The van der Waals surface area contributed by atoms with Gasteiger partial charge in [-0.25, -0.2) is 5.06 Å². The van der Waals surface area contributed by atoms with E-state index in [-0.39, 0.29) is 5.91 Å². The Morgan fingerprint density at radius 3 is 2.67 bits per heavy atom. The Labute approximate surface area is 107 Å². The minimum atomic E-state index is -0.264. The van der Waals surface area contributed by atoms with Crippen molar-refractivity contribution in [1.29, 1.82) is 0 Å². The molecule has 1 aromatic carbocycles. The standard InChI is InChI=1S/C11H13N3O2.C2H6/c1-7-4-5-9-8(6-7)10(13-12-9)11(15)14(2)16-3;1-2/h4-6H,1-3H3,(H,12,13);1-2H3. The van der Waals surface area contributed by atoms with Gasteiger partial charge < -0.3 is 0 Å². The van der Waals surface area contributed by atoms with Crippen LogP contribution in [0.15, 0.2) is 18.2 Å². The third-order valence-electron chi connectivity index (χ3n) is 2.48. The van der Waals surface area contributed by atoms with Gasteiger partial charge in [-0.2, -0.15) is 5.10 Å². The van der Waals surface area contributed by atoms with Crippen LogP contribution in [0.25, 0.3) is 10.9 Å². The molecule has 1 aromatic heterocycles. The molecule has 5 heteroatoms. The molecule has 1 amide bonds. The molecule has 0 saturated heterocycles. The molecule has 18 heavy (non-hydrogen) atoms. The van der Waals surface area contributed by atoms with E-state index in [0.717, 1.165) is 21.5 Å². The Bertz CT molecular complexity index is 534. The average Bonchev–Trinajstić information content (AvgIpc) is 2.82. The number of hydrogen-bond acceptors (Lipinski definition) is 3. The maximum absolute atomic E-state index is 11.9. The predicted octanol–water partition coefficient (Wildman–Crippen LogP) is 2.53. The van der Waals surface area contributed by atoms with Crippen LogP contribution in [0.5, 0.6) is 0 Å². The fourth-order valence-electron chi connectivity index (χ4n) is 1.52. The highest BCUT2D eigenvalue weighted by molar-refractivity contribution is 6.04. The first-order valence-corrected chi connectivity index (χ1v) is 5.90. The van der Waals surface area contributed by atoms with Crippen molar-refractivity contribution in [2.75, 3.05) is 14.2 Å². The molecule has 0 fully saturated rings. The number of nitrogens with zero attached hydrogens (tertiary/aromatic N) is 2. The van der Waals surface area contributed by atoms with E-state index in [4.69, 9.17) is 4.84 Å². The summed E-state index contributed by atoms with van der Waals surface area (Å²) in [5.41, 5.74) is 2.31. The van der Waals surface area contributed by atoms with Gasteiger partial charge in [-0.3, -0.25) is 14.7 Å². The molecule has 0 aliphatic rings. The second-order valence-corrected chi connectivity index (χ2v) is 3.61. The summed E-state index contributed by atoms with van der Waals surface area (Å²) >= 11 is 0. The van der Waals surface area contributed by atoms with E-state index < -0.39 is 0 Å². The molecule has 98 valence electrons. The highest BCUT2D eigenvalue weighted by Crippen LogP contribution is 2.18. The highest BCUT2D eigenvalue weighted by atomic mass is 16.7. The Hall–Kier alpha value is -1.88. The van der Waals surface area contributed by atoms with E-state index in [2.05, 4.69) is 10.2 Å². The number of aromatic amines is 1. The summed E-state index contributed by atoms with van der Waals surface area (Å²) in [4.78, 5) is 16.7. The van der Waals surface area contributed by atoms with Crippen LogP contribution < -0.4 is 0 Å². The van der Waals surface area contributed by atoms with Gasteiger partial charge in [-0.1, -0.05) is 25.5 Å². The third-order valence-corrected chi connectivity index (χ3v) is 2.48. The second kappa shape index (κ2) is 6.16. The SMILES string of the molecule is CC.CON(C)C(=O)c1n[nH]c2ccc(C)cc12. The summed E-state index contributed by atoms with van der Waals surface area (Å²) < 4.78 is 0. The van der Waals surface area contributed by atoms with Gasteiger partial charge in [0.2, 0.25) is 0 Å². The number of rotatable bonds is 2. The van der Waals surface area contributed by atoms with Gasteiger partial charge in [-0.15, -0.1) is 0 Å². The zero-order valence-corrected chi connectivity index (χ0v) is 11.4. The Kier molecular flexibility index (Phi) is 4.85. The molecule has 0 spiro atoms. The van der Waals surface area contributed by atoms with E-state index in [1.54, 1.807) is 7.05 Å². The maximum Gasteiger partial charge on any atom is 0.298 e. The first-order chi connectivity index (χ1) is 8.63. The van der Waals surface area contributed by atoms with Gasteiger partial charge in [0.1, 0.15) is 0 Å². The van der Waals surface area contributed by atoms with Crippen LogP contribution in [-0.2, 0) is 4.84 Å². The van der Waals surface area contributed by atoms with Crippen molar-refractivity contribution >= 4 is 16.8 Å². The summed E-state index contributed by atoms with van der Waals surface area (Å²) in [5, 5.41) is 8.80. The molecule has 1 N–H and O–H groups in total. The summed E-state index contributed by atoms with van der Waals surface area (Å²) in [6.07, 6.45) is 0. The summed E-state index contributed by atoms with van der Waals surface area (Å²) in [6, 6.07) is 5.80. The highest BCUT2D eigenvalue weighted by Gasteiger charge is 2.17. The van der Waals surface area contributed by atoms with Crippen molar-refractivity contribution in [2.24, 2.45) is 0 Å². The van der Waals surface area contributed by atoms with E-state index >= 15 is 0 Å². The summed E-state index contributed by atoms with van der Waals surface area (Å²) in [5.74, 6) is -0.264. The third kappa shape index (κ3) is 2.68. The second-order valence-electron chi connectivity index (χ2n) is 3.61. The molecule has 0 atom stereocenters. The van der Waals surface area contributed by atoms with Crippen molar-refractivity contribution in [1.82, 2.24) is 15.3 Å². The van der Waals surface area contributed by atoms with E-state index in [1.165, 1.54) is 7.11 Å². The molecular formula is C13H19N3O2. The molecule has 0 bridgehead atoms. The monoisotopic (exact) mass is 249 g/mol. The summed E-state index contributed by atoms with van der Waals surface area (Å²) in [7, 11) is 3.00. The van der Waals surface area contributed by atoms with E-state index in [0.29, 0.717) is 5.69 Å². The molecule has 5 nitrogen and oxygen atoms in total. The normalized spacial score (nSPS) is 9.83. The Balaban J connectivity index is 0.000000771. The molecule has 0 aliphatic carbocycles. The minimum absolute atomic E-state index is 0.264.